The van der Waals surface area contributed by atoms with Crippen molar-refractivity contribution in [2.75, 3.05) is 20.3 Å². The molecule has 0 aromatic carbocycles. The number of carbonyl (C=O) groups is 3. The lowest BCUT2D eigenvalue weighted by atomic mass is 10.4. The van der Waals surface area contributed by atoms with Crippen molar-refractivity contribution >= 4 is 17.8 Å². The molecule has 0 saturated heterocycles. The first-order chi connectivity index (χ1) is 7.60. The van der Waals surface area contributed by atoms with E-state index in [9.17, 15) is 14.4 Å². The summed E-state index contributed by atoms with van der Waals surface area (Å²) >= 11 is 0. The molecule has 0 saturated carbocycles. The Bertz CT molecular complexity index is 285. The van der Waals surface area contributed by atoms with Crippen molar-refractivity contribution in [3.8, 4) is 0 Å². The SMILES string of the molecule is CCC(=O)NCCOC(=O)/C=C/C(=O)OC. The number of esters is 2. The van der Waals surface area contributed by atoms with Crippen LogP contribution in [-0.4, -0.2) is 38.1 Å². The highest BCUT2D eigenvalue weighted by Crippen LogP contribution is 1.84. The third-order valence-corrected chi connectivity index (χ3v) is 1.55. The summed E-state index contributed by atoms with van der Waals surface area (Å²) in [6.45, 7) is 2.04. The van der Waals surface area contributed by atoms with E-state index in [1.807, 2.05) is 0 Å². The summed E-state index contributed by atoms with van der Waals surface area (Å²) in [5.74, 6) is -1.39. The molecule has 0 aliphatic carbocycles. The van der Waals surface area contributed by atoms with Crippen LogP contribution in [0.2, 0.25) is 0 Å². The predicted molar refractivity (Wildman–Crippen MR) is 55.4 cm³/mol. The second-order valence-corrected chi connectivity index (χ2v) is 2.73. The third kappa shape index (κ3) is 7.54. The van der Waals surface area contributed by atoms with Gasteiger partial charge in [0.1, 0.15) is 6.61 Å². The van der Waals surface area contributed by atoms with E-state index in [2.05, 4.69) is 14.8 Å². The molecule has 0 spiro atoms. The lowest BCUT2D eigenvalue weighted by molar-refractivity contribution is -0.139. The molecular formula is C10H15NO5. The highest BCUT2D eigenvalue weighted by atomic mass is 16.5. The van der Waals surface area contributed by atoms with Gasteiger partial charge in [-0.05, 0) is 0 Å². The highest BCUT2D eigenvalue weighted by Gasteiger charge is 2.00. The van der Waals surface area contributed by atoms with Crippen molar-refractivity contribution in [3.63, 3.8) is 0 Å². The van der Waals surface area contributed by atoms with Gasteiger partial charge in [-0.15, -0.1) is 0 Å². The van der Waals surface area contributed by atoms with E-state index in [0.29, 0.717) is 6.42 Å². The zero-order chi connectivity index (χ0) is 12.4. The fourth-order valence-electron chi connectivity index (χ4n) is 0.719. The Kier molecular flexibility index (Phi) is 7.48. The number of methoxy groups -OCH3 is 1. The Morgan fingerprint density at radius 3 is 2.38 bits per heavy atom. The fraction of sp³-hybridized carbons (Fsp3) is 0.500. The molecule has 0 unspecified atom stereocenters. The number of carbonyl (C=O) groups excluding carboxylic acids is 3. The van der Waals surface area contributed by atoms with Gasteiger partial charge in [0.2, 0.25) is 5.91 Å². The van der Waals surface area contributed by atoms with Gasteiger partial charge in [0.15, 0.2) is 0 Å². The summed E-state index contributed by atoms with van der Waals surface area (Å²) in [6.07, 6.45) is 2.32. The number of rotatable bonds is 6. The topological polar surface area (TPSA) is 81.7 Å². The van der Waals surface area contributed by atoms with Gasteiger partial charge in [-0.25, -0.2) is 9.59 Å². The van der Waals surface area contributed by atoms with E-state index in [1.165, 1.54) is 7.11 Å². The van der Waals surface area contributed by atoms with Crippen LogP contribution in [0.4, 0.5) is 0 Å². The normalized spacial score (nSPS) is 9.88. The van der Waals surface area contributed by atoms with Gasteiger partial charge in [-0.3, -0.25) is 4.79 Å². The van der Waals surface area contributed by atoms with Gasteiger partial charge in [-0.2, -0.15) is 0 Å². The summed E-state index contributed by atoms with van der Waals surface area (Å²) in [4.78, 5) is 32.3. The molecule has 0 aliphatic heterocycles. The Hall–Kier alpha value is -1.85. The summed E-state index contributed by atoms with van der Waals surface area (Å²) in [5.41, 5.74) is 0. The van der Waals surface area contributed by atoms with Crippen LogP contribution in [0.15, 0.2) is 12.2 Å². The largest absolute Gasteiger partial charge is 0.466 e. The van der Waals surface area contributed by atoms with Gasteiger partial charge in [-0.1, -0.05) is 6.92 Å². The first kappa shape index (κ1) is 14.2. The summed E-state index contributed by atoms with van der Waals surface area (Å²) < 4.78 is 8.97. The molecule has 0 aromatic heterocycles. The van der Waals surface area contributed by atoms with E-state index >= 15 is 0 Å². The van der Waals surface area contributed by atoms with Crippen LogP contribution in [0, 0.1) is 0 Å². The number of ether oxygens (including phenoxy) is 2. The van der Waals surface area contributed by atoms with Crippen LogP contribution >= 0.6 is 0 Å². The molecule has 16 heavy (non-hydrogen) atoms. The van der Waals surface area contributed by atoms with Crippen molar-refractivity contribution in [1.82, 2.24) is 5.32 Å². The zero-order valence-corrected chi connectivity index (χ0v) is 9.32. The maximum absolute atomic E-state index is 10.9. The standard InChI is InChI=1S/C10H15NO5/c1-3-8(12)11-6-7-16-10(14)5-4-9(13)15-2/h4-5H,3,6-7H2,1-2H3,(H,11,12)/b5-4+. The molecular weight excluding hydrogens is 214 g/mol. The van der Waals surface area contributed by atoms with Crippen molar-refractivity contribution in [3.05, 3.63) is 12.2 Å². The van der Waals surface area contributed by atoms with E-state index < -0.39 is 11.9 Å². The number of hydrogen-bond donors (Lipinski definition) is 1. The predicted octanol–water partition coefficient (Wildman–Crippen LogP) is -0.215. The second-order valence-electron chi connectivity index (χ2n) is 2.73. The third-order valence-electron chi connectivity index (χ3n) is 1.55. The minimum absolute atomic E-state index is 0.0656. The van der Waals surface area contributed by atoms with Gasteiger partial charge in [0.25, 0.3) is 0 Å². The fourth-order valence-corrected chi connectivity index (χ4v) is 0.719. The minimum Gasteiger partial charge on any atom is -0.466 e. The molecule has 0 aromatic rings. The number of amides is 1. The first-order valence-corrected chi connectivity index (χ1v) is 4.79. The van der Waals surface area contributed by atoms with Crippen molar-refractivity contribution in [2.45, 2.75) is 13.3 Å². The second kappa shape index (κ2) is 8.46. The molecule has 1 amide bonds. The quantitative estimate of drug-likeness (QED) is 0.387. The highest BCUT2D eigenvalue weighted by molar-refractivity contribution is 5.91. The lowest BCUT2D eigenvalue weighted by Crippen LogP contribution is -2.26. The Balaban J connectivity index is 3.62. The molecule has 1 N–H and O–H groups in total. The van der Waals surface area contributed by atoms with E-state index in [-0.39, 0.29) is 19.1 Å². The molecule has 90 valence electrons. The van der Waals surface area contributed by atoms with E-state index in [0.717, 1.165) is 12.2 Å². The Morgan fingerprint density at radius 1 is 1.19 bits per heavy atom. The van der Waals surface area contributed by atoms with Crippen LogP contribution in [-0.2, 0) is 23.9 Å². The monoisotopic (exact) mass is 229 g/mol. The Morgan fingerprint density at radius 2 is 1.81 bits per heavy atom. The van der Waals surface area contributed by atoms with E-state index in [4.69, 9.17) is 0 Å². The molecule has 0 rings (SSSR count). The van der Waals surface area contributed by atoms with Crippen LogP contribution in [0.3, 0.4) is 0 Å². The van der Waals surface area contributed by atoms with E-state index in [1.54, 1.807) is 6.92 Å². The van der Waals surface area contributed by atoms with Gasteiger partial charge >= 0.3 is 11.9 Å². The first-order valence-electron chi connectivity index (χ1n) is 4.79. The molecule has 0 radical (unpaired) electrons. The minimum atomic E-state index is -0.656. The summed E-state index contributed by atoms with van der Waals surface area (Å²) in [7, 11) is 1.21. The smallest absolute Gasteiger partial charge is 0.331 e. The van der Waals surface area contributed by atoms with Crippen LogP contribution < -0.4 is 5.32 Å². The van der Waals surface area contributed by atoms with Gasteiger partial charge < -0.3 is 14.8 Å². The molecule has 0 bridgehead atoms. The Labute approximate surface area is 93.6 Å². The summed E-state index contributed by atoms with van der Waals surface area (Å²) in [5, 5.41) is 2.53. The maximum atomic E-state index is 10.9. The van der Waals surface area contributed by atoms with Gasteiger partial charge in [0.05, 0.1) is 13.7 Å². The van der Waals surface area contributed by atoms with Crippen molar-refractivity contribution in [1.29, 1.82) is 0 Å². The van der Waals surface area contributed by atoms with Crippen LogP contribution in [0.1, 0.15) is 13.3 Å². The van der Waals surface area contributed by atoms with Crippen molar-refractivity contribution in [2.24, 2.45) is 0 Å². The zero-order valence-electron chi connectivity index (χ0n) is 9.32. The van der Waals surface area contributed by atoms with Crippen molar-refractivity contribution < 1.29 is 23.9 Å². The average Bonchev–Trinajstić information content (AvgIpc) is 2.31. The molecule has 0 aliphatic rings. The average molecular weight is 229 g/mol. The lowest BCUT2D eigenvalue weighted by Gasteiger charge is -2.03. The van der Waals surface area contributed by atoms with Crippen LogP contribution in [0.5, 0.6) is 0 Å². The molecule has 0 heterocycles. The molecule has 6 heteroatoms. The maximum Gasteiger partial charge on any atom is 0.331 e. The number of nitrogens with one attached hydrogen (secondary N) is 1. The van der Waals surface area contributed by atoms with Gasteiger partial charge in [0, 0.05) is 18.6 Å². The molecule has 6 nitrogen and oxygen atoms in total. The number of hydrogen-bond acceptors (Lipinski definition) is 5. The molecule has 0 atom stereocenters. The summed E-state index contributed by atoms with van der Waals surface area (Å²) in [6, 6.07) is 0. The van der Waals surface area contributed by atoms with Crippen LogP contribution in [0.25, 0.3) is 0 Å². The molecule has 0 fully saturated rings.